The van der Waals surface area contributed by atoms with Crippen LogP contribution < -0.4 is 11.1 Å². The number of carbonyl (C=O) groups is 1. The molecule has 3 N–H and O–H groups in total. The summed E-state index contributed by atoms with van der Waals surface area (Å²) in [5, 5.41) is 3.08. The summed E-state index contributed by atoms with van der Waals surface area (Å²) in [5.41, 5.74) is 8.10. The molecule has 0 aromatic heterocycles. The molecule has 0 aliphatic heterocycles. The molecule has 0 bridgehead atoms. The van der Waals surface area contributed by atoms with Gasteiger partial charge in [-0.25, -0.2) is 0 Å². The smallest absolute Gasteiger partial charge is 0.223 e. The summed E-state index contributed by atoms with van der Waals surface area (Å²) in [7, 11) is 0. The Morgan fingerprint density at radius 1 is 1.15 bits per heavy atom. The van der Waals surface area contributed by atoms with Crippen molar-refractivity contribution in [3.63, 3.8) is 0 Å². The normalized spacial score (nSPS) is 15.4. The summed E-state index contributed by atoms with van der Waals surface area (Å²) in [6, 6.07) is 8.56. The van der Waals surface area contributed by atoms with E-state index in [4.69, 9.17) is 5.73 Å². The van der Waals surface area contributed by atoms with E-state index in [0.717, 1.165) is 24.8 Å². The molecular weight excluding hydrogens is 248 g/mol. The summed E-state index contributed by atoms with van der Waals surface area (Å²) >= 11 is 0. The molecule has 0 saturated heterocycles. The highest BCUT2D eigenvalue weighted by Crippen LogP contribution is 2.15. The average Bonchev–Trinajstić information content (AvgIpc) is 2.38. The van der Waals surface area contributed by atoms with Crippen LogP contribution in [0.2, 0.25) is 0 Å². The van der Waals surface area contributed by atoms with Gasteiger partial charge in [-0.3, -0.25) is 4.79 Å². The molecule has 0 fully saturated rings. The van der Waals surface area contributed by atoms with Crippen LogP contribution in [0.1, 0.15) is 57.2 Å². The fraction of sp³-hybridized carbons (Fsp3) is 0.588. The Kier molecular flexibility index (Phi) is 6.73. The molecule has 0 radical (unpaired) electrons. The van der Waals surface area contributed by atoms with E-state index in [2.05, 4.69) is 36.5 Å². The number of hydrogen-bond donors (Lipinski definition) is 2. The molecule has 0 aliphatic rings. The highest BCUT2D eigenvalue weighted by Gasteiger charge is 2.15. The number of benzene rings is 1. The molecule has 0 heterocycles. The molecule has 3 nitrogen and oxygen atoms in total. The average molecular weight is 276 g/mol. The summed E-state index contributed by atoms with van der Waals surface area (Å²) < 4.78 is 0. The minimum absolute atomic E-state index is 0.0432. The van der Waals surface area contributed by atoms with E-state index in [1.165, 1.54) is 5.56 Å². The van der Waals surface area contributed by atoms with Crippen LogP contribution >= 0.6 is 0 Å². The number of hydrogen-bond acceptors (Lipinski definition) is 2. The Labute approximate surface area is 122 Å². The van der Waals surface area contributed by atoms with Crippen molar-refractivity contribution >= 4 is 5.91 Å². The van der Waals surface area contributed by atoms with Gasteiger partial charge < -0.3 is 11.1 Å². The molecule has 3 unspecified atom stereocenters. The quantitative estimate of drug-likeness (QED) is 0.802. The fourth-order valence-corrected chi connectivity index (χ4v) is 2.17. The maximum atomic E-state index is 12.1. The second-order valence-electron chi connectivity index (χ2n) is 5.95. The second kappa shape index (κ2) is 8.05. The number of rotatable bonds is 7. The molecular formula is C17H28N2O. The highest BCUT2D eigenvalue weighted by atomic mass is 16.1. The van der Waals surface area contributed by atoms with Gasteiger partial charge in [-0.15, -0.1) is 0 Å². The first kappa shape index (κ1) is 16.7. The highest BCUT2D eigenvalue weighted by molar-refractivity contribution is 5.78. The summed E-state index contributed by atoms with van der Waals surface area (Å²) in [6.45, 7) is 8.08. The molecule has 1 aromatic carbocycles. The first-order valence-electron chi connectivity index (χ1n) is 7.52. The van der Waals surface area contributed by atoms with Gasteiger partial charge in [0, 0.05) is 12.0 Å². The molecule has 1 rings (SSSR count). The number of nitrogens with one attached hydrogen (secondary N) is 1. The number of amides is 1. The lowest BCUT2D eigenvalue weighted by Crippen LogP contribution is -2.31. The van der Waals surface area contributed by atoms with Gasteiger partial charge in [-0.1, -0.05) is 43.2 Å². The van der Waals surface area contributed by atoms with Crippen LogP contribution in [0, 0.1) is 12.8 Å². The second-order valence-corrected chi connectivity index (χ2v) is 5.95. The van der Waals surface area contributed by atoms with Gasteiger partial charge in [0.05, 0.1) is 6.04 Å². The van der Waals surface area contributed by atoms with Gasteiger partial charge in [0.1, 0.15) is 0 Å². The maximum absolute atomic E-state index is 12.1. The van der Waals surface area contributed by atoms with Gasteiger partial charge in [0.2, 0.25) is 5.91 Å². The first-order valence-corrected chi connectivity index (χ1v) is 7.52. The van der Waals surface area contributed by atoms with Crippen molar-refractivity contribution in [2.24, 2.45) is 11.7 Å². The lowest BCUT2D eigenvalue weighted by atomic mass is 10.00. The van der Waals surface area contributed by atoms with E-state index in [9.17, 15) is 4.79 Å². The van der Waals surface area contributed by atoms with E-state index in [0.29, 0.717) is 0 Å². The third-order valence-electron chi connectivity index (χ3n) is 3.68. The summed E-state index contributed by atoms with van der Waals surface area (Å²) in [4.78, 5) is 12.1. The van der Waals surface area contributed by atoms with Crippen molar-refractivity contribution in [2.45, 2.75) is 59.0 Å². The van der Waals surface area contributed by atoms with Gasteiger partial charge in [-0.2, -0.15) is 0 Å². The van der Waals surface area contributed by atoms with Crippen LogP contribution in [-0.2, 0) is 4.79 Å². The lowest BCUT2D eigenvalue weighted by Gasteiger charge is -2.18. The van der Waals surface area contributed by atoms with E-state index in [-0.39, 0.29) is 23.9 Å². The predicted molar refractivity (Wildman–Crippen MR) is 84.4 cm³/mol. The van der Waals surface area contributed by atoms with E-state index < -0.39 is 0 Å². The zero-order chi connectivity index (χ0) is 15.1. The Morgan fingerprint density at radius 3 is 2.30 bits per heavy atom. The van der Waals surface area contributed by atoms with Crippen LogP contribution in [0.5, 0.6) is 0 Å². The Hall–Kier alpha value is -1.35. The molecule has 3 atom stereocenters. The van der Waals surface area contributed by atoms with Crippen molar-refractivity contribution < 1.29 is 4.79 Å². The number of nitrogens with two attached hydrogens (primary N) is 1. The first-order chi connectivity index (χ1) is 9.40. The van der Waals surface area contributed by atoms with Gasteiger partial charge in [0.25, 0.3) is 0 Å². The Balaban J connectivity index is 2.42. The monoisotopic (exact) mass is 276 g/mol. The van der Waals surface area contributed by atoms with Crippen molar-refractivity contribution in [3.8, 4) is 0 Å². The molecule has 3 heteroatoms. The zero-order valence-electron chi connectivity index (χ0n) is 13.1. The number of aryl methyl sites for hydroxylation is 1. The third-order valence-corrected chi connectivity index (χ3v) is 3.68. The van der Waals surface area contributed by atoms with Gasteiger partial charge in [0.15, 0.2) is 0 Å². The van der Waals surface area contributed by atoms with Crippen LogP contribution in [0.25, 0.3) is 0 Å². The Bertz CT molecular complexity index is 412. The van der Waals surface area contributed by atoms with Crippen molar-refractivity contribution in [2.75, 3.05) is 0 Å². The topological polar surface area (TPSA) is 55.1 Å². The van der Waals surface area contributed by atoms with Gasteiger partial charge >= 0.3 is 0 Å². The lowest BCUT2D eigenvalue weighted by molar-refractivity contribution is -0.125. The van der Waals surface area contributed by atoms with Gasteiger partial charge in [-0.05, 0) is 39.2 Å². The minimum atomic E-state index is 0.0432. The molecule has 0 spiro atoms. The fourth-order valence-electron chi connectivity index (χ4n) is 2.17. The summed E-state index contributed by atoms with van der Waals surface area (Å²) in [5.74, 6) is 0.171. The molecule has 0 saturated carbocycles. The minimum Gasteiger partial charge on any atom is -0.349 e. The molecule has 1 amide bonds. The van der Waals surface area contributed by atoms with Crippen molar-refractivity contribution in [1.29, 1.82) is 0 Å². The molecule has 112 valence electrons. The SMILES string of the molecule is Cc1ccc(C(C)NC(=O)C(C)CCCC(C)N)cc1. The van der Waals surface area contributed by atoms with Crippen molar-refractivity contribution in [1.82, 2.24) is 5.32 Å². The largest absolute Gasteiger partial charge is 0.349 e. The predicted octanol–water partition coefficient (Wildman–Crippen LogP) is 3.33. The Morgan fingerprint density at radius 2 is 1.75 bits per heavy atom. The summed E-state index contributed by atoms with van der Waals surface area (Å²) in [6.07, 6.45) is 2.88. The van der Waals surface area contributed by atoms with E-state index in [1.54, 1.807) is 0 Å². The molecule has 20 heavy (non-hydrogen) atoms. The van der Waals surface area contributed by atoms with Crippen molar-refractivity contribution in [3.05, 3.63) is 35.4 Å². The maximum Gasteiger partial charge on any atom is 0.223 e. The van der Waals surface area contributed by atoms with E-state index >= 15 is 0 Å². The standard InChI is InChI=1S/C17H28N2O/c1-12-8-10-16(11-9-12)15(4)19-17(20)13(2)6-5-7-14(3)18/h8-11,13-15H,5-7,18H2,1-4H3,(H,19,20). The van der Waals surface area contributed by atoms with E-state index in [1.807, 2.05) is 20.8 Å². The van der Waals surface area contributed by atoms with Crippen LogP contribution in [0.3, 0.4) is 0 Å². The molecule has 0 aliphatic carbocycles. The van der Waals surface area contributed by atoms with Crippen LogP contribution in [-0.4, -0.2) is 11.9 Å². The third kappa shape index (κ3) is 5.74. The number of carbonyl (C=O) groups excluding carboxylic acids is 1. The zero-order valence-corrected chi connectivity index (χ0v) is 13.1. The molecule has 1 aromatic rings. The van der Waals surface area contributed by atoms with Crippen LogP contribution in [0.4, 0.5) is 0 Å². The van der Waals surface area contributed by atoms with Crippen LogP contribution in [0.15, 0.2) is 24.3 Å².